The maximum atomic E-state index is 11.9. The Labute approximate surface area is 164 Å². The van der Waals surface area contributed by atoms with Crippen LogP contribution in [-0.2, 0) is 11.2 Å². The van der Waals surface area contributed by atoms with E-state index < -0.39 is 11.7 Å². The van der Waals surface area contributed by atoms with Gasteiger partial charge in [-0.2, -0.15) is 10.5 Å². The number of piperazine rings is 1. The Kier molecular flexibility index (Phi) is 6.48. The molecule has 0 spiro atoms. The number of aromatic nitrogens is 1. The third-order valence-electron chi connectivity index (χ3n) is 4.04. The highest BCUT2D eigenvalue weighted by molar-refractivity contribution is 6.30. The van der Waals surface area contributed by atoms with Gasteiger partial charge in [0.05, 0.1) is 11.1 Å². The second kappa shape index (κ2) is 8.43. The van der Waals surface area contributed by atoms with Crippen molar-refractivity contribution < 1.29 is 9.53 Å². The maximum absolute atomic E-state index is 11.9. The summed E-state index contributed by atoms with van der Waals surface area (Å²) in [6, 6.07) is 4.20. The predicted molar refractivity (Wildman–Crippen MR) is 101 cm³/mol. The summed E-state index contributed by atoms with van der Waals surface area (Å²) < 4.78 is 5.25. The van der Waals surface area contributed by atoms with Crippen LogP contribution in [0.1, 0.15) is 44.4 Å². The Morgan fingerprint density at radius 1 is 1.22 bits per heavy atom. The minimum absolute atomic E-state index is 0.109. The number of nitriles is 2. The Morgan fingerprint density at radius 3 is 2.30 bits per heavy atom. The minimum atomic E-state index is -0.562. The van der Waals surface area contributed by atoms with Gasteiger partial charge >= 0.3 is 6.09 Å². The lowest BCUT2D eigenvalue weighted by Gasteiger charge is -2.36. The van der Waals surface area contributed by atoms with Gasteiger partial charge in [0.15, 0.2) is 0 Å². The molecular formula is C18H23ClN6O2. The van der Waals surface area contributed by atoms with Crippen LogP contribution >= 0.6 is 11.6 Å². The molecule has 1 aliphatic rings. The quantitative estimate of drug-likeness (QED) is 0.790. The van der Waals surface area contributed by atoms with Gasteiger partial charge in [-0.1, -0.05) is 18.5 Å². The smallest absolute Gasteiger partial charge is 0.422 e. The molecule has 9 heteroatoms. The van der Waals surface area contributed by atoms with Gasteiger partial charge in [0.2, 0.25) is 0 Å². The molecule has 0 atom stereocenters. The third-order valence-corrected chi connectivity index (χ3v) is 4.32. The molecule has 1 fully saturated rings. The molecule has 8 nitrogen and oxygen atoms in total. The number of hydrogen-bond donors (Lipinski definition) is 1. The molecule has 0 aromatic carbocycles. The Morgan fingerprint density at radius 2 is 1.81 bits per heavy atom. The fourth-order valence-corrected chi connectivity index (χ4v) is 3.10. The zero-order valence-electron chi connectivity index (χ0n) is 16.0. The normalized spacial score (nSPS) is 15.0. The molecule has 1 N–H and O–H groups in total. The number of carbonyl (C=O) groups is 1. The highest BCUT2D eigenvalue weighted by atomic mass is 35.5. The first-order valence-electron chi connectivity index (χ1n) is 8.72. The van der Waals surface area contributed by atoms with Crippen LogP contribution in [0.15, 0.2) is 0 Å². The number of nitrogens with zero attached hydrogens (tertiary/aromatic N) is 5. The molecule has 2 heterocycles. The number of hydrazine groups is 1. The highest BCUT2D eigenvalue weighted by Gasteiger charge is 2.26. The standard InChI is InChI=1S/C18H23ClN6O2/c1-5-12-13(10-20)15(19)22-16(14(12)11-21)24-6-8-25(9-7-24)23-17(26)27-18(2,3)4/h5-9H2,1-4H3,(H,23,26). The maximum Gasteiger partial charge on any atom is 0.422 e. The molecule has 0 bridgehead atoms. The van der Waals surface area contributed by atoms with Crippen LogP contribution in [0.4, 0.5) is 10.6 Å². The second-order valence-corrected chi connectivity index (χ2v) is 7.48. The van der Waals surface area contributed by atoms with Gasteiger partial charge in [-0.25, -0.2) is 14.8 Å². The summed E-state index contributed by atoms with van der Waals surface area (Å²) in [5.74, 6) is 0.482. The van der Waals surface area contributed by atoms with Crippen molar-refractivity contribution >= 4 is 23.5 Å². The number of halogens is 1. The van der Waals surface area contributed by atoms with E-state index in [0.717, 1.165) is 0 Å². The zero-order valence-corrected chi connectivity index (χ0v) is 16.7. The lowest BCUT2D eigenvalue weighted by molar-refractivity contribution is 0.0320. The van der Waals surface area contributed by atoms with Gasteiger partial charge in [-0.3, -0.25) is 5.43 Å². The average Bonchev–Trinajstić information content (AvgIpc) is 2.59. The lowest BCUT2D eigenvalue weighted by Crippen LogP contribution is -2.54. The number of carbonyl (C=O) groups excluding carboxylic acids is 1. The van der Waals surface area contributed by atoms with E-state index in [1.54, 1.807) is 25.8 Å². The third kappa shape index (κ3) is 5.00. The minimum Gasteiger partial charge on any atom is -0.443 e. The Balaban J connectivity index is 2.13. The molecule has 0 aliphatic carbocycles. The number of hydrogen-bond acceptors (Lipinski definition) is 7. The van der Waals surface area contributed by atoms with E-state index in [4.69, 9.17) is 16.3 Å². The van der Waals surface area contributed by atoms with Crippen molar-refractivity contribution in [3.05, 3.63) is 21.8 Å². The molecule has 0 unspecified atom stereocenters. The first-order chi connectivity index (χ1) is 12.7. The molecule has 1 amide bonds. The Hall–Kier alpha value is -2.55. The van der Waals surface area contributed by atoms with E-state index >= 15 is 0 Å². The molecule has 2 rings (SSSR count). The Bertz CT molecular complexity index is 798. The summed E-state index contributed by atoms with van der Waals surface area (Å²) in [6.45, 7) is 9.44. The van der Waals surface area contributed by atoms with Crippen LogP contribution in [0.2, 0.25) is 5.15 Å². The zero-order chi connectivity index (χ0) is 20.2. The molecule has 1 aromatic heterocycles. The van der Waals surface area contributed by atoms with Crippen molar-refractivity contribution in [2.45, 2.75) is 39.7 Å². The van der Waals surface area contributed by atoms with E-state index in [2.05, 4.69) is 16.5 Å². The molecule has 1 aliphatic heterocycles. The number of nitrogens with one attached hydrogen (secondary N) is 1. The van der Waals surface area contributed by atoms with Crippen LogP contribution < -0.4 is 10.3 Å². The van der Waals surface area contributed by atoms with Crippen molar-refractivity contribution in [1.82, 2.24) is 15.4 Å². The van der Waals surface area contributed by atoms with Gasteiger partial charge in [0.25, 0.3) is 0 Å². The summed E-state index contributed by atoms with van der Waals surface area (Å²) >= 11 is 6.17. The fraction of sp³-hybridized carbons (Fsp3) is 0.556. The molecule has 1 saturated heterocycles. The molecule has 0 saturated carbocycles. The van der Waals surface area contributed by atoms with Crippen molar-refractivity contribution in [1.29, 1.82) is 10.5 Å². The molecule has 1 aromatic rings. The topological polar surface area (TPSA) is 105 Å². The van der Waals surface area contributed by atoms with Crippen LogP contribution in [0.5, 0.6) is 0 Å². The molecular weight excluding hydrogens is 368 g/mol. The average molecular weight is 391 g/mol. The number of pyridine rings is 1. The van der Waals surface area contributed by atoms with Gasteiger partial charge in [0, 0.05) is 26.2 Å². The summed E-state index contributed by atoms with van der Waals surface area (Å²) in [5.41, 5.74) is 3.41. The number of ether oxygens (including phenoxy) is 1. The van der Waals surface area contributed by atoms with E-state index in [1.165, 1.54) is 0 Å². The summed E-state index contributed by atoms with van der Waals surface area (Å²) in [4.78, 5) is 18.1. The SMILES string of the molecule is CCc1c(C#N)c(Cl)nc(N2CCN(NC(=O)OC(C)(C)C)CC2)c1C#N. The molecule has 27 heavy (non-hydrogen) atoms. The fourth-order valence-electron chi connectivity index (χ4n) is 2.86. The van der Waals surface area contributed by atoms with E-state index in [0.29, 0.717) is 49.5 Å². The number of rotatable bonds is 3. The van der Waals surface area contributed by atoms with Crippen molar-refractivity contribution in [3.8, 4) is 12.1 Å². The summed E-state index contributed by atoms with van der Waals surface area (Å²) in [6.07, 6.45) is 0.0164. The molecule has 0 radical (unpaired) electrons. The molecule has 144 valence electrons. The first-order valence-corrected chi connectivity index (χ1v) is 9.10. The number of anilines is 1. The van der Waals surface area contributed by atoms with E-state index in [-0.39, 0.29) is 10.7 Å². The second-order valence-electron chi connectivity index (χ2n) is 7.12. The van der Waals surface area contributed by atoms with Crippen LogP contribution in [0, 0.1) is 22.7 Å². The predicted octanol–water partition coefficient (Wildman–Crippen LogP) is 2.60. The van der Waals surface area contributed by atoms with Crippen molar-refractivity contribution in [3.63, 3.8) is 0 Å². The van der Waals surface area contributed by atoms with Gasteiger partial charge < -0.3 is 9.64 Å². The summed E-state index contributed by atoms with van der Waals surface area (Å²) in [7, 11) is 0. The van der Waals surface area contributed by atoms with Crippen LogP contribution in [0.25, 0.3) is 0 Å². The van der Waals surface area contributed by atoms with Crippen LogP contribution in [-0.4, -0.2) is 47.9 Å². The van der Waals surface area contributed by atoms with E-state index in [1.807, 2.05) is 17.9 Å². The lowest BCUT2D eigenvalue weighted by atomic mass is 10.0. The van der Waals surface area contributed by atoms with Crippen molar-refractivity contribution in [2.24, 2.45) is 0 Å². The monoisotopic (exact) mass is 390 g/mol. The van der Waals surface area contributed by atoms with Gasteiger partial charge in [0.1, 0.15) is 28.7 Å². The van der Waals surface area contributed by atoms with Crippen molar-refractivity contribution in [2.75, 3.05) is 31.1 Å². The summed E-state index contributed by atoms with van der Waals surface area (Å²) in [5, 5.41) is 20.8. The van der Waals surface area contributed by atoms with Crippen LogP contribution in [0.3, 0.4) is 0 Å². The number of amides is 1. The highest BCUT2D eigenvalue weighted by Crippen LogP contribution is 2.29. The largest absolute Gasteiger partial charge is 0.443 e. The van der Waals surface area contributed by atoms with E-state index in [9.17, 15) is 15.3 Å². The first kappa shape index (κ1) is 20.8. The van der Waals surface area contributed by atoms with Gasteiger partial charge in [-0.05, 0) is 32.8 Å². The van der Waals surface area contributed by atoms with Gasteiger partial charge in [-0.15, -0.1) is 0 Å².